The monoisotopic (exact) mass is 216 g/mol. The van der Waals surface area contributed by atoms with Crippen LogP contribution in [-0.2, 0) is 6.54 Å². The number of hydrogen-bond donors (Lipinski definition) is 0. The summed E-state index contributed by atoms with van der Waals surface area (Å²) in [6.07, 6.45) is 1.19. The predicted octanol–water partition coefficient (Wildman–Crippen LogP) is 2.72. The van der Waals surface area contributed by atoms with Crippen LogP contribution in [0.3, 0.4) is 0 Å². The van der Waals surface area contributed by atoms with Crippen molar-refractivity contribution in [2.45, 2.75) is 32.6 Å². The van der Waals surface area contributed by atoms with Crippen LogP contribution >= 0.6 is 0 Å². The third kappa shape index (κ3) is 2.79. The summed E-state index contributed by atoms with van der Waals surface area (Å²) in [5.41, 5.74) is 1.29. The molecule has 0 saturated heterocycles. The first-order chi connectivity index (χ1) is 7.79. The van der Waals surface area contributed by atoms with E-state index < -0.39 is 0 Å². The second-order valence-corrected chi connectivity index (χ2v) is 4.46. The van der Waals surface area contributed by atoms with Gasteiger partial charge in [-0.15, -0.1) is 0 Å². The quantitative estimate of drug-likeness (QED) is 0.720. The molecule has 1 radical (unpaired) electrons. The van der Waals surface area contributed by atoms with Crippen LogP contribution < -0.4 is 4.74 Å². The van der Waals surface area contributed by atoms with Crippen molar-refractivity contribution in [3.8, 4) is 5.75 Å². The van der Waals surface area contributed by atoms with Crippen molar-refractivity contribution in [3.63, 3.8) is 0 Å². The highest BCUT2D eigenvalue weighted by Gasteiger charge is 2.17. The van der Waals surface area contributed by atoms with Crippen molar-refractivity contribution in [2.24, 2.45) is 0 Å². The molecule has 0 bridgehead atoms. The number of hydrogen-bond acceptors (Lipinski definition) is 2. The van der Waals surface area contributed by atoms with E-state index in [0.29, 0.717) is 5.82 Å². The maximum atomic E-state index is 5.73. The first kappa shape index (κ1) is 11.5. The Hall–Kier alpha value is -0.955. The molecule has 1 heterocycles. The smallest absolute Gasteiger partial charge is 0.212 e. The molecule has 1 aromatic rings. The van der Waals surface area contributed by atoms with Gasteiger partial charge in [-0.25, -0.2) is 0 Å². The Morgan fingerprint density at radius 2 is 2.25 bits per heavy atom. The molecule has 1 atom stereocenters. The van der Waals surface area contributed by atoms with Gasteiger partial charge in [0.05, 0.1) is 6.61 Å². The van der Waals surface area contributed by atoms with Gasteiger partial charge in [-0.1, -0.05) is 44.3 Å². The number of fused-ring (bicyclic) bond motifs is 1. The van der Waals surface area contributed by atoms with Gasteiger partial charge in [0.2, 0.25) is 7.41 Å². The molecule has 1 aliphatic rings. The molecule has 0 spiro atoms. The second kappa shape index (κ2) is 5.40. The van der Waals surface area contributed by atoms with Gasteiger partial charge in [-0.3, -0.25) is 0 Å². The third-order valence-electron chi connectivity index (χ3n) is 3.09. The molecule has 0 fully saturated rings. The summed E-state index contributed by atoms with van der Waals surface area (Å²) >= 11 is 0. The number of rotatable bonds is 3. The van der Waals surface area contributed by atoms with Gasteiger partial charge in [0, 0.05) is 18.7 Å². The van der Waals surface area contributed by atoms with E-state index in [-0.39, 0.29) is 0 Å². The summed E-state index contributed by atoms with van der Waals surface area (Å²) < 4.78 is 5.73. The Bertz CT molecular complexity index is 342. The Morgan fingerprint density at radius 1 is 1.44 bits per heavy atom. The molecule has 3 heteroatoms. The van der Waals surface area contributed by atoms with Crippen molar-refractivity contribution in [3.05, 3.63) is 29.8 Å². The number of nitrogens with zero attached hydrogens (tertiary/aromatic N) is 1. The van der Waals surface area contributed by atoms with Crippen LogP contribution in [0.5, 0.6) is 5.75 Å². The molecule has 2 rings (SSSR count). The molecular weight excluding hydrogens is 197 g/mol. The molecule has 2 nitrogen and oxygen atoms in total. The van der Waals surface area contributed by atoms with Gasteiger partial charge >= 0.3 is 0 Å². The van der Waals surface area contributed by atoms with Crippen molar-refractivity contribution >= 4 is 7.41 Å². The van der Waals surface area contributed by atoms with E-state index in [1.54, 1.807) is 0 Å². The highest BCUT2D eigenvalue weighted by Crippen LogP contribution is 2.23. The maximum Gasteiger partial charge on any atom is 0.212 e. The zero-order chi connectivity index (χ0) is 11.4. The number of ether oxygens (including phenoxy) is 1. The van der Waals surface area contributed by atoms with E-state index in [2.05, 4.69) is 44.3 Å². The molecule has 0 amide bonds. The van der Waals surface area contributed by atoms with Crippen LogP contribution in [0, 0.1) is 0 Å². The first-order valence-electron chi connectivity index (χ1n) is 6.09. The molecule has 1 aliphatic heterocycles. The predicted molar refractivity (Wildman–Crippen MR) is 67.8 cm³/mol. The molecule has 0 saturated carbocycles. The Morgan fingerprint density at radius 3 is 3.06 bits per heavy atom. The van der Waals surface area contributed by atoms with E-state index in [0.717, 1.165) is 25.4 Å². The van der Waals surface area contributed by atoms with Crippen LogP contribution in [0.4, 0.5) is 0 Å². The summed E-state index contributed by atoms with van der Waals surface area (Å²) in [4.78, 5) is 2.38. The number of benzene rings is 1. The lowest BCUT2D eigenvalue weighted by Gasteiger charge is -2.21. The Labute approximate surface area is 98.9 Å². The summed E-state index contributed by atoms with van der Waals surface area (Å²) in [5, 5.41) is 0. The Balaban J connectivity index is 2.05. The van der Waals surface area contributed by atoms with Crippen molar-refractivity contribution in [1.82, 2.24) is 4.81 Å². The fourth-order valence-electron chi connectivity index (χ4n) is 1.94. The lowest BCUT2D eigenvalue weighted by atomic mass is 9.73. The zero-order valence-electron chi connectivity index (χ0n) is 10.1. The van der Waals surface area contributed by atoms with Gasteiger partial charge < -0.3 is 9.55 Å². The van der Waals surface area contributed by atoms with Gasteiger partial charge in [0.1, 0.15) is 5.75 Å². The average molecular weight is 216 g/mol. The SMILES string of the molecule is CCC(C)[B]N1CCOc2ccccc2C1. The first-order valence-corrected chi connectivity index (χ1v) is 6.09. The van der Waals surface area contributed by atoms with E-state index in [1.807, 2.05) is 6.07 Å². The lowest BCUT2D eigenvalue weighted by Crippen LogP contribution is -2.31. The van der Waals surface area contributed by atoms with Gasteiger partial charge in [0.25, 0.3) is 0 Å². The van der Waals surface area contributed by atoms with Crippen LogP contribution in [0.25, 0.3) is 0 Å². The molecule has 0 aliphatic carbocycles. The molecule has 1 aromatic carbocycles. The number of para-hydroxylation sites is 1. The van der Waals surface area contributed by atoms with E-state index >= 15 is 0 Å². The highest BCUT2D eigenvalue weighted by molar-refractivity contribution is 6.33. The summed E-state index contributed by atoms with van der Waals surface area (Å²) in [5.74, 6) is 1.69. The fraction of sp³-hybridized carbons (Fsp3) is 0.538. The van der Waals surface area contributed by atoms with Crippen LogP contribution in [0.15, 0.2) is 24.3 Å². The Kier molecular flexibility index (Phi) is 3.89. The van der Waals surface area contributed by atoms with Crippen LogP contribution in [-0.4, -0.2) is 25.4 Å². The van der Waals surface area contributed by atoms with Crippen LogP contribution in [0.2, 0.25) is 5.82 Å². The molecule has 1 unspecified atom stereocenters. The third-order valence-corrected chi connectivity index (χ3v) is 3.09. The highest BCUT2D eigenvalue weighted by atomic mass is 16.5. The van der Waals surface area contributed by atoms with Gasteiger partial charge in [0.15, 0.2) is 0 Å². The minimum absolute atomic E-state index is 0.644. The molecule has 0 N–H and O–H groups in total. The maximum absolute atomic E-state index is 5.73. The molecule has 0 aromatic heterocycles. The zero-order valence-corrected chi connectivity index (χ0v) is 10.1. The second-order valence-electron chi connectivity index (χ2n) is 4.46. The van der Waals surface area contributed by atoms with Gasteiger partial charge in [-0.05, 0) is 6.07 Å². The van der Waals surface area contributed by atoms with E-state index in [9.17, 15) is 0 Å². The fourth-order valence-corrected chi connectivity index (χ4v) is 1.94. The van der Waals surface area contributed by atoms with E-state index in [1.165, 1.54) is 12.0 Å². The largest absolute Gasteiger partial charge is 0.492 e. The average Bonchev–Trinajstić information content (AvgIpc) is 2.50. The van der Waals surface area contributed by atoms with Gasteiger partial charge in [-0.2, -0.15) is 0 Å². The normalized spacial score (nSPS) is 18.1. The summed E-state index contributed by atoms with van der Waals surface area (Å²) in [6, 6.07) is 8.32. The summed E-state index contributed by atoms with van der Waals surface area (Å²) in [6.45, 7) is 7.23. The van der Waals surface area contributed by atoms with Crippen molar-refractivity contribution in [1.29, 1.82) is 0 Å². The minimum Gasteiger partial charge on any atom is -0.492 e. The topological polar surface area (TPSA) is 12.5 Å². The van der Waals surface area contributed by atoms with Crippen molar-refractivity contribution < 1.29 is 4.74 Å². The molecule has 16 heavy (non-hydrogen) atoms. The molecule has 85 valence electrons. The summed E-state index contributed by atoms with van der Waals surface area (Å²) in [7, 11) is 2.34. The standard InChI is InChI=1S/C13H19BNO/c1-3-11(2)14-15-8-9-16-13-7-5-4-6-12(13)10-15/h4-7,11H,3,8-10H2,1-2H3. The van der Waals surface area contributed by atoms with E-state index in [4.69, 9.17) is 4.74 Å². The van der Waals surface area contributed by atoms with Crippen LogP contribution in [0.1, 0.15) is 25.8 Å². The lowest BCUT2D eigenvalue weighted by molar-refractivity contribution is 0.294. The minimum atomic E-state index is 0.644. The van der Waals surface area contributed by atoms with Crippen molar-refractivity contribution in [2.75, 3.05) is 13.2 Å². The molecular formula is C13H19BNO.